The summed E-state index contributed by atoms with van der Waals surface area (Å²) >= 11 is 0. The number of carbonyl (C=O) groups excluding carboxylic acids is 1. The number of nitrogens with one attached hydrogen (secondary N) is 1. The normalized spacial score (nSPS) is 24.9. The van der Waals surface area contributed by atoms with Crippen molar-refractivity contribution in [3.8, 4) is 0 Å². The molecule has 116 valence electrons. The molecule has 0 radical (unpaired) electrons. The Balaban J connectivity index is 1.97. The molecule has 3 N–H and O–H groups in total. The third-order valence-corrected chi connectivity index (χ3v) is 4.41. The van der Waals surface area contributed by atoms with Crippen LogP contribution in [0, 0.1) is 5.41 Å². The zero-order valence-electron chi connectivity index (χ0n) is 12.6. The zero-order chi connectivity index (χ0) is 15.0. The molecular weight excluding hydrogens is 260 g/mol. The Morgan fingerprint density at radius 3 is 2.30 bits per heavy atom. The smallest absolute Gasteiger partial charge is 0.410 e. The van der Waals surface area contributed by atoms with Gasteiger partial charge in [-0.2, -0.15) is 0 Å². The van der Waals surface area contributed by atoms with Crippen LogP contribution in [0.2, 0.25) is 0 Å². The Morgan fingerprint density at radius 1 is 1.30 bits per heavy atom. The van der Waals surface area contributed by atoms with Crippen molar-refractivity contribution in [3.05, 3.63) is 0 Å². The van der Waals surface area contributed by atoms with Gasteiger partial charge in [0.05, 0.1) is 19.7 Å². The van der Waals surface area contributed by atoms with Crippen molar-refractivity contribution in [2.45, 2.75) is 44.8 Å². The first-order valence-electron chi connectivity index (χ1n) is 7.23. The van der Waals surface area contributed by atoms with E-state index in [2.05, 4.69) is 5.32 Å². The Morgan fingerprint density at radius 2 is 1.85 bits per heavy atom. The minimum absolute atomic E-state index is 0.0483. The lowest BCUT2D eigenvalue weighted by Crippen LogP contribution is -2.73. The van der Waals surface area contributed by atoms with Crippen LogP contribution in [-0.2, 0) is 4.74 Å². The fourth-order valence-corrected chi connectivity index (χ4v) is 3.05. The molecule has 2 aliphatic heterocycles. The van der Waals surface area contributed by atoms with Gasteiger partial charge in [-0.3, -0.25) is 0 Å². The minimum Gasteiger partial charge on any atom is -0.444 e. The molecule has 2 rings (SSSR count). The van der Waals surface area contributed by atoms with Crippen molar-refractivity contribution in [2.24, 2.45) is 5.41 Å². The van der Waals surface area contributed by atoms with Gasteiger partial charge in [0.1, 0.15) is 11.2 Å². The van der Waals surface area contributed by atoms with Crippen LogP contribution in [0.5, 0.6) is 0 Å². The number of amides is 1. The molecule has 0 aromatic carbocycles. The summed E-state index contributed by atoms with van der Waals surface area (Å²) in [5.74, 6) is 0. The Bertz CT molecular complexity index is 366. The van der Waals surface area contributed by atoms with Crippen molar-refractivity contribution >= 4 is 6.09 Å². The van der Waals surface area contributed by atoms with Crippen LogP contribution in [0.15, 0.2) is 0 Å². The van der Waals surface area contributed by atoms with Crippen molar-refractivity contribution in [2.75, 3.05) is 32.8 Å². The summed E-state index contributed by atoms with van der Waals surface area (Å²) in [6.45, 7) is 7.46. The number of ether oxygens (including phenoxy) is 1. The molecule has 20 heavy (non-hydrogen) atoms. The third kappa shape index (κ3) is 2.77. The standard InChI is InChI=1S/C14H26N2O4/c1-12(2,3)20-11(18)16-8-14(19,9-16)13(10-17)4-6-15-7-5-13/h15,17,19H,4-10H2,1-3H3. The van der Waals surface area contributed by atoms with E-state index in [-0.39, 0.29) is 19.7 Å². The number of likely N-dealkylation sites (tertiary alicyclic amines) is 1. The first-order chi connectivity index (χ1) is 9.21. The van der Waals surface area contributed by atoms with Gasteiger partial charge in [0.2, 0.25) is 0 Å². The van der Waals surface area contributed by atoms with Crippen molar-refractivity contribution < 1.29 is 19.7 Å². The molecule has 0 atom stereocenters. The van der Waals surface area contributed by atoms with Gasteiger partial charge in [-0.15, -0.1) is 0 Å². The molecule has 0 aromatic heterocycles. The lowest BCUT2D eigenvalue weighted by molar-refractivity contribution is -0.195. The van der Waals surface area contributed by atoms with E-state index >= 15 is 0 Å². The zero-order valence-corrected chi connectivity index (χ0v) is 12.6. The summed E-state index contributed by atoms with van der Waals surface area (Å²) in [7, 11) is 0. The molecule has 2 aliphatic rings. The van der Waals surface area contributed by atoms with Gasteiger partial charge < -0.3 is 25.2 Å². The number of aliphatic hydroxyl groups is 2. The molecule has 0 unspecified atom stereocenters. The lowest BCUT2D eigenvalue weighted by atomic mass is 9.63. The maximum Gasteiger partial charge on any atom is 0.410 e. The first kappa shape index (κ1) is 15.5. The van der Waals surface area contributed by atoms with Crippen molar-refractivity contribution in [3.63, 3.8) is 0 Å². The molecule has 1 amide bonds. The van der Waals surface area contributed by atoms with Crippen LogP contribution in [0.25, 0.3) is 0 Å². The number of aliphatic hydroxyl groups excluding tert-OH is 1. The quantitative estimate of drug-likeness (QED) is 0.681. The number of rotatable bonds is 2. The van der Waals surface area contributed by atoms with E-state index in [0.29, 0.717) is 0 Å². The average molecular weight is 286 g/mol. The first-order valence-corrected chi connectivity index (χ1v) is 7.23. The number of carbonyl (C=O) groups is 1. The molecular formula is C14H26N2O4. The molecule has 2 saturated heterocycles. The van der Waals surface area contributed by atoms with Crippen LogP contribution in [0.4, 0.5) is 4.79 Å². The summed E-state index contributed by atoms with van der Waals surface area (Å²) in [5.41, 5.74) is -2.04. The van der Waals surface area contributed by atoms with Crippen molar-refractivity contribution in [1.29, 1.82) is 0 Å². The summed E-state index contributed by atoms with van der Waals surface area (Å²) < 4.78 is 5.29. The van der Waals surface area contributed by atoms with Crippen LogP contribution < -0.4 is 5.32 Å². The van der Waals surface area contributed by atoms with Gasteiger partial charge in [0, 0.05) is 5.41 Å². The monoisotopic (exact) mass is 286 g/mol. The fourth-order valence-electron chi connectivity index (χ4n) is 3.05. The predicted molar refractivity (Wildman–Crippen MR) is 74.4 cm³/mol. The average Bonchev–Trinajstić information content (AvgIpc) is 2.33. The van der Waals surface area contributed by atoms with Crippen LogP contribution in [0.3, 0.4) is 0 Å². The van der Waals surface area contributed by atoms with E-state index in [4.69, 9.17) is 4.74 Å². The number of nitrogens with zero attached hydrogens (tertiary/aromatic N) is 1. The number of β-amino-alcohol motifs (C(OH)–C–C–N with tert-alkyl or cyclic N) is 1. The molecule has 6 nitrogen and oxygen atoms in total. The summed E-state index contributed by atoms with van der Waals surface area (Å²) in [5, 5.41) is 23.7. The molecule has 0 saturated carbocycles. The van der Waals surface area contributed by atoms with Crippen LogP contribution >= 0.6 is 0 Å². The number of hydrogen-bond donors (Lipinski definition) is 3. The topological polar surface area (TPSA) is 82.0 Å². The molecule has 0 bridgehead atoms. The minimum atomic E-state index is -0.999. The second kappa shape index (κ2) is 5.16. The summed E-state index contributed by atoms with van der Waals surface area (Å²) in [6, 6.07) is 0. The van der Waals surface area contributed by atoms with Gasteiger partial charge in [0.15, 0.2) is 0 Å². The predicted octanol–water partition coefficient (Wildman–Crippen LogP) is 0.330. The molecule has 6 heteroatoms. The third-order valence-electron chi connectivity index (χ3n) is 4.41. The largest absolute Gasteiger partial charge is 0.444 e. The number of hydrogen-bond acceptors (Lipinski definition) is 5. The fraction of sp³-hybridized carbons (Fsp3) is 0.929. The van der Waals surface area contributed by atoms with Gasteiger partial charge in [-0.25, -0.2) is 4.79 Å². The lowest BCUT2D eigenvalue weighted by Gasteiger charge is -2.57. The Labute approximate surface area is 120 Å². The maximum absolute atomic E-state index is 11.9. The van der Waals surface area contributed by atoms with E-state index in [1.54, 1.807) is 0 Å². The van der Waals surface area contributed by atoms with Crippen LogP contribution in [-0.4, -0.2) is 65.2 Å². The van der Waals surface area contributed by atoms with E-state index in [9.17, 15) is 15.0 Å². The summed E-state index contributed by atoms with van der Waals surface area (Å²) in [6.07, 6.45) is 1.05. The van der Waals surface area contributed by atoms with Gasteiger partial charge in [-0.1, -0.05) is 0 Å². The highest BCUT2D eigenvalue weighted by atomic mass is 16.6. The highest BCUT2D eigenvalue weighted by Crippen LogP contribution is 2.45. The van der Waals surface area contributed by atoms with Gasteiger partial charge in [-0.05, 0) is 46.7 Å². The summed E-state index contributed by atoms with van der Waals surface area (Å²) in [4.78, 5) is 13.4. The maximum atomic E-state index is 11.9. The Hall–Kier alpha value is -0.850. The molecule has 2 fully saturated rings. The van der Waals surface area contributed by atoms with E-state index in [1.807, 2.05) is 20.8 Å². The van der Waals surface area contributed by atoms with E-state index in [0.717, 1.165) is 25.9 Å². The second-order valence-corrected chi connectivity index (χ2v) is 7.06. The molecule has 0 aliphatic carbocycles. The number of piperidine rings is 1. The van der Waals surface area contributed by atoms with Gasteiger partial charge >= 0.3 is 6.09 Å². The molecule has 0 spiro atoms. The Kier molecular flexibility index (Phi) is 4.01. The second-order valence-electron chi connectivity index (χ2n) is 7.06. The highest BCUT2D eigenvalue weighted by Gasteiger charge is 2.58. The molecule has 2 heterocycles. The van der Waals surface area contributed by atoms with Gasteiger partial charge in [0.25, 0.3) is 0 Å². The van der Waals surface area contributed by atoms with E-state index in [1.165, 1.54) is 4.90 Å². The van der Waals surface area contributed by atoms with Crippen molar-refractivity contribution in [1.82, 2.24) is 10.2 Å². The SMILES string of the molecule is CC(C)(C)OC(=O)N1CC(O)(C2(CO)CCNCC2)C1. The van der Waals surface area contributed by atoms with E-state index < -0.39 is 22.7 Å². The molecule has 0 aromatic rings. The highest BCUT2D eigenvalue weighted by molar-refractivity contribution is 5.69. The van der Waals surface area contributed by atoms with Crippen LogP contribution in [0.1, 0.15) is 33.6 Å².